The number of carbonyl (C=O) groups excluding carboxylic acids is 1. The molecule has 18 heavy (non-hydrogen) atoms. The van der Waals surface area contributed by atoms with Crippen LogP contribution < -0.4 is 0 Å². The van der Waals surface area contributed by atoms with E-state index in [1.807, 2.05) is 31.2 Å². The molecule has 1 aliphatic rings. The lowest BCUT2D eigenvalue weighted by Crippen LogP contribution is -1.97. The van der Waals surface area contributed by atoms with E-state index in [1.54, 1.807) is 0 Å². The van der Waals surface area contributed by atoms with Gasteiger partial charge in [-0.05, 0) is 24.0 Å². The van der Waals surface area contributed by atoms with Crippen molar-refractivity contribution in [3.63, 3.8) is 0 Å². The summed E-state index contributed by atoms with van der Waals surface area (Å²) in [5, 5.41) is 0. The third kappa shape index (κ3) is 3.07. The Bertz CT molecular complexity index is 501. The highest BCUT2D eigenvalue weighted by molar-refractivity contribution is 5.96. The fraction of sp³-hybridized carbons (Fsp3) is 0.235. The molecule has 0 unspecified atom stereocenters. The number of carbonyl (C=O) groups is 1. The first kappa shape index (κ1) is 12.6. The fourth-order valence-corrected chi connectivity index (χ4v) is 2.01. The first-order valence-electron chi connectivity index (χ1n) is 6.48. The summed E-state index contributed by atoms with van der Waals surface area (Å²) in [6, 6.07) is 7.93. The van der Waals surface area contributed by atoms with Gasteiger partial charge in [-0.15, -0.1) is 0 Å². The van der Waals surface area contributed by atoms with Crippen LogP contribution in [0.2, 0.25) is 0 Å². The van der Waals surface area contributed by atoms with Crippen molar-refractivity contribution in [3.8, 4) is 0 Å². The first-order chi connectivity index (χ1) is 8.81. The number of allylic oxidation sites excluding steroid dienone is 6. The van der Waals surface area contributed by atoms with Gasteiger partial charge in [0.1, 0.15) is 0 Å². The van der Waals surface area contributed by atoms with Crippen molar-refractivity contribution in [1.29, 1.82) is 0 Å². The molecular formula is C17H18O. The quantitative estimate of drug-likeness (QED) is 0.702. The number of Topliss-reactive ketones (excluding diaryl/α,β-unsaturated/α-hetero) is 1. The number of rotatable bonds is 4. The molecule has 1 nitrogen and oxygen atoms in total. The maximum absolute atomic E-state index is 11.7. The van der Waals surface area contributed by atoms with Gasteiger partial charge in [-0.2, -0.15) is 0 Å². The number of benzene rings is 1. The van der Waals surface area contributed by atoms with E-state index in [0.717, 1.165) is 18.4 Å². The minimum Gasteiger partial charge on any atom is -0.294 e. The molecule has 0 atom stereocenters. The third-order valence-electron chi connectivity index (χ3n) is 3.01. The molecule has 0 saturated heterocycles. The van der Waals surface area contributed by atoms with E-state index >= 15 is 0 Å². The smallest absolute Gasteiger partial charge is 0.162 e. The predicted molar refractivity (Wildman–Crippen MR) is 76.6 cm³/mol. The molecular weight excluding hydrogens is 220 g/mol. The van der Waals surface area contributed by atoms with E-state index in [4.69, 9.17) is 0 Å². The Morgan fingerprint density at radius 3 is 2.67 bits per heavy atom. The molecule has 0 spiro atoms. The van der Waals surface area contributed by atoms with Crippen LogP contribution in [0.15, 0.2) is 54.6 Å². The molecule has 0 aromatic heterocycles. The Labute approximate surface area is 109 Å². The maximum atomic E-state index is 11.7. The van der Waals surface area contributed by atoms with Crippen LogP contribution in [0.4, 0.5) is 0 Å². The molecule has 0 radical (unpaired) electrons. The number of hydrogen-bond acceptors (Lipinski definition) is 1. The average Bonchev–Trinajstić information content (AvgIpc) is 2.68. The Hall–Kier alpha value is -1.89. The van der Waals surface area contributed by atoms with E-state index < -0.39 is 0 Å². The highest BCUT2D eigenvalue weighted by Gasteiger charge is 2.05. The highest BCUT2D eigenvalue weighted by Crippen LogP contribution is 2.20. The summed E-state index contributed by atoms with van der Waals surface area (Å²) in [6.07, 6.45) is 13.0. The molecule has 1 aliphatic carbocycles. The van der Waals surface area contributed by atoms with Crippen LogP contribution in [0.1, 0.15) is 42.1 Å². The SMILES string of the molecule is CCCC(=O)c1ccc(C2=CCC=CC=C2)cc1. The van der Waals surface area contributed by atoms with Crippen molar-refractivity contribution in [1.82, 2.24) is 0 Å². The van der Waals surface area contributed by atoms with Gasteiger partial charge in [-0.1, -0.05) is 61.6 Å². The highest BCUT2D eigenvalue weighted by atomic mass is 16.1. The van der Waals surface area contributed by atoms with Gasteiger partial charge < -0.3 is 0 Å². The van der Waals surface area contributed by atoms with Gasteiger partial charge in [0.2, 0.25) is 0 Å². The van der Waals surface area contributed by atoms with Crippen LogP contribution in [-0.4, -0.2) is 5.78 Å². The molecule has 1 aromatic carbocycles. The zero-order valence-corrected chi connectivity index (χ0v) is 10.7. The van der Waals surface area contributed by atoms with Gasteiger partial charge in [0.25, 0.3) is 0 Å². The van der Waals surface area contributed by atoms with Crippen LogP contribution in [-0.2, 0) is 0 Å². The van der Waals surface area contributed by atoms with Crippen molar-refractivity contribution in [2.75, 3.05) is 0 Å². The van der Waals surface area contributed by atoms with Crippen LogP contribution in [0.3, 0.4) is 0 Å². The van der Waals surface area contributed by atoms with E-state index in [1.165, 1.54) is 11.1 Å². The van der Waals surface area contributed by atoms with Crippen molar-refractivity contribution in [2.24, 2.45) is 0 Å². The molecule has 92 valence electrons. The van der Waals surface area contributed by atoms with Crippen LogP contribution in [0.5, 0.6) is 0 Å². The van der Waals surface area contributed by atoms with Crippen molar-refractivity contribution in [3.05, 3.63) is 65.8 Å². The zero-order chi connectivity index (χ0) is 12.8. The maximum Gasteiger partial charge on any atom is 0.162 e. The monoisotopic (exact) mass is 238 g/mol. The standard InChI is InChI=1S/C17H18O/c1-2-7-17(18)16-12-10-15(11-13-16)14-8-5-3-4-6-9-14/h3-5,8-13H,2,6-7H2,1H3. The molecule has 0 amide bonds. The Kier molecular flexibility index (Phi) is 4.30. The summed E-state index contributed by atoms with van der Waals surface area (Å²) in [6.45, 7) is 2.03. The van der Waals surface area contributed by atoms with E-state index in [0.29, 0.717) is 6.42 Å². The third-order valence-corrected chi connectivity index (χ3v) is 3.01. The largest absolute Gasteiger partial charge is 0.294 e. The van der Waals surface area contributed by atoms with Crippen molar-refractivity contribution >= 4 is 11.4 Å². The van der Waals surface area contributed by atoms with E-state index in [9.17, 15) is 4.79 Å². The fourth-order valence-electron chi connectivity index (χ4n) is 2.01. The normalized spacial score (nSPS) is 14.2. The second-order valence-corrected chi connectivity index (χ2v) is 4.43. The summed E-state index contributed by atoms with van der Waals surface area (Å²) < 4.78 is 0. The summed E-state index contributed by atoms with van der Waals surface area (Å²) >= 11 is 0. The average molecular weight is 238 g/mol. The van der Waals surface area contributed by atoms with Crippen LogP contribution >= 0.6 is 0 Å². The van der Waals surface area contributed by atoms with Gasteiger partial charge in [-0.3, -0.25) is 4.79 Å². The van der Waals surface area contributed by atoms with Crippen LogP contribution in [0, 0.1) is 0 Å². The number of ketones is 1. The Morgan fingerprint density at radius 2 is 1.94 bits per heavy atom. The van der Waals surface area contributed by atoms with Gasteiger partial charge in [0, 0.05) is 12.0 Å². The predicted octanol–water partition coefficient (Wildman–Crippen LogP) is 4.57. The molecule has 0 saturated carbocycles. The van der Waals surface area contributed by atoms with Gasteiger partial charge in [0.15, 0.2) is 5.78 Å². The van der Waals surface area contributed by atoms with E-state index in [-0.39, 0.29) is 5.78 Å². The lowest BCUT2D eigenvalue weighted by molar-refractivity contribution is 0.0982. The molecule has 0 fully saturated rings. The number of hydrogen-bond donors (Lipinski definition) is 0. The molecule has 0 bridgehead atoms. The van der Waals surface area contributed by atoms with Gasteiger partial charge in [0.05, 0.1) is 0 Å². The van der Waals surface area contributed by atoms with Gasteiger partial charge in [-0.25, -0.2) is 0 Å². The molecule has 0 heterocycles. The summed E-state index contributed by atoms with van der Waals surface area (Å²) in [7, 11) is 0. The summed E-state index contributed by atoms with van der Waals surface area (Å²) in [5.41, 5.74) is 3.20. The molecule has 2 rings (SSSR count). The molecule has 1 aromatic rings. The minimum absolute atomic E-state index is 0.233. The van der Waals surface area contributed by atoms with Gasteiger partial charge >= 0.3 is 0 Å². The minimum atomic E-state index is 0.233. The molecule has 1 heteroatoms. The molecule has 0 N–H and O–H groups in total. The lowest BCUT2D eigenvalue weighted by atomic mass is 10.0. The Morgan fingerprint density at radius 1 is 1.17 bits per heavy atom. The first-order valence-corrected chi connectivity index (χ1v) is 6.48. The molecule has 0 aliphatic heterocycles. The second kappa shape index (κ2) is 6.15. The van der Waals surface area contributed by atoms with E-state index in [2.05, 4.69) is 30.4 Å². The van der Waals surface area contributed by atoms with Crippen molar-refractivity contribution < 1.29 is 4.79 Å². The second-order valence-electron chi connectivity index (χ2n) is 4.43. The van der Waals surface area contributed by atoms with Crippen molar-refractivity contribution in [2.45, 2.75) is 26.2 Å². The summed E-state index contributed by atoms with van der Waals surface area (Å²) in [4.78, 5) is 11.7. The Balaban J connectivity index is 2.17. The zero-order valence-electron chi connectivity index (χ0n) is 10.7. The topological polar surface area (TPSA) is 17.1 Å². The lowest BCUT2D eigenvalue weighted by Gasteiger charge is -2.04. The van der Waals surface area contributed by atoms with Crippen LogP contribution in [0.25, 0.3) is 5.57 Å². The summed E-state index contributed by atoms with van der Waals surface area (Å²) in [5.74, 6) is 0.233.